The second-order valence-electron chi connectivity index (χ2n) is 7.55. The van der Waals surface area contributed by atoms with Gasteiger partial charge >= 0.3 is 0 Å². The van der Waals surface area contributed by atoms with Gasteiger partial charge in [0.25, 0.3) is 0 Å². The molecule has 0 amide bonds. The van der Waals surface area contributed by atoms with Crippen molar-refractivity contribution in [1.82, 2.24) is 4.98 Å². The van der Waals surface area contributed by atoms with Gasteiger partial charge in [0.2, 0.25) is 0 Å². The van der Waals surface area contributed by atoms with Gasteiger partial charge in [0.05, 0.1) is 12.8 Å². The van der Waals surface area contributed by atoms with Crippen LogP contribution >= 0.6 is 0 Å². The molecule has 1 aromatic rings. The van der Waals surface area contributed by atoms with Gasteiger partial charge in [-0.2, -0.15) is 0 Å². The minimum absolute atomic E-state index is 0.403. The number of aldehydes is 1. The average molecular weight is 364 g/mol. The van der Waals surface area contributed by atoms with E-state index in [-0.39, 0.29) is 0 Å². The first-order chi connectivity index (χ1) is 12.5. The highest BCUT2D eigenvalue weighted by molar-refractivity contribution is 5.56. The van der Waals surface area contributed by atoms with Gasteiger partial charge in [0, 0.05) is 12.1 Å². The molecular formula is C23H41NO2. The van der Waals surface area contributed by atoms with Crippen molar-refractivity contribution in [3.63, 3.8) is 0 Å². The Morgan fingerprint density at radius 1 is 1.31 bits per heavy atom. The standard InChI is InChI=1S/C13H19NO2.C8H16.C2H6/c1-10(2)5-7-16-13-8-12(4-6-15)11(3)14-9-13;1-3-4-8-5-7(2)6-8;1-2/h6,8-10H,4-5,7H2,1-3H3;7-8H,3-6H2,1-2H3;1-2H3. The van der Waals surface area contributed by atoms with Crippen molar-refractivity contribution in [3.8, 4) is 5.75 Å². The second kappa shape index (κ2) is 14.8. The summed E-state index contributed by atoms with van der Waals surface area (Å²) >= 11 is 0. The van der Waals surface area contributed by atoms with Crippen LogP contribution in [-0.4, -0.2) is 17.9 Å². The Hall–Kier alpha value is -1.38. The van der Waals surface area contributed by atoms with Crippen LogP contribution in [0.3, 0.4) is 0 Å². The lowest BCUT2D eigenvalue weighted by Crippen LogP contribution is -2.20. The van der Waals surface area contributed by atoms with Crippen molar-refractivity contribution >= 4 is 6.29 Å². The predicted octanol–water partition coefficient (Wildman–Crippen LogP) is 6.42. The van der Waals surface area contributed by atoms with Crippen molar-refractivity contribution in [2.24, 2.45) is 17.8 Å². The van der Waals surface area contributed by atoms with E-state index in [0.717, 1.165) is 41.5 Å². The summed E-state index contributed by atoms with van der Waals surface area (Å²) in [5, 5.41) is 0. The number of aromatic nitrogens is 1. The molecule has 0 radical (unpaired) electrons. The molecule has 26 heavy (non-hydrogen) atoms. The first kappa shape index (κ1) is 24.6. The number of aryl methyl sites for hydroxylation is 1. The summed E-state index contributed by atoms with van der Waals surface area (Å²) < 4.78 is 5.58. The van der Waals surface area contributed by atoms with Gasteiger partial charge in [-0.3, -0.25) is 4.98 Å². The van der Waals surface area contributed by atoms with E-state index in [1.54, 1.807) is 6.20 Å². The lowest BCUT2D eigenvalue weighted by atomic mass is 9.74. The van der Waals surface area contributed by atoms with Gasteiger partial charge in [0.1, 0.15) is 12.0 Å². The summed E-state index contributed by atoms with van der Waals surface area (Å²) in [6.45, 7) is 15.6. The largest absolute Gasteiger partial charge is 0.492 e. The van der Waals surface area contributed by atoms with E-state index < -0.39 is 0 Å². The molecule has 0 unspecified atom stereocenters. The molecule has 1 aliphatic carbocycles. The minimum Gasteiger partial charge on any atom is -0.492 e. The van der Waals surface area contributed by atoms with E-state index in [9.17, 15) is 4.79 Å². The molecule has 1 saturated carbocycles. The molecular weight excluding hydrogens is 322 g/mol. The van der Waals surface area contributed by atoms with Crippen LogP contribution in [-0.2, 0) is 11.2 Å². The molecule has 0 aromatic carbocycles. The Balaban J connectivity index is 0.000000522. The summed E-state index contributed by atoms with van der Waals surface area (Å²) in [5.74, 6) is 3.54. The monoisotopic (exact) mass is 363 g/mol. The molecule has 1 aliphatic rings. The zero-order valence-electron chi connectivity index (χ0n) is 18.2. The maximum atomic E-state index is 10.5. The lowest BCUT2D eigenvalue weighted by Gasteiger charge is -2.32. The van der Waals surface area contributed by atoms with Crippen molar-refractivity contribution in [2.75, 3.05) is 6.61 Å². The number of hydrogen-bond acceptors (Lipinski definition) is 3. The molecule has 3 nitrogen and oxygen atoms in total. The molecule has 0 aliphatic heterocycles. The van der Waals surface area contributed by atoms with E-state index >= 15 is 0 Å². The van der Waals surface area contributed by atoms with Crippen LogP contribution in [0.4, 0.5) is 0 Å². The van der Waals surface area contributed by atoms with Crippen LogP contribution in [0.1, 0.15) is 84.9 Å². The highest BCUT2D eigenvalue weighted by Crippen LogP contribution is 2.35. The van der Waals surface area contributed by atoms with Gasteiger partial charge in [0.15, 0.2) is 0 Å². The van der Waals surface area contributed by atoms with Crippen molar-refractivity contribution in [3.05, 3.63) is 23.5 Å². The predicted molar refractivity (Wildman–Crippen MR) is 112 cm³/mol. The first-order valence-electron chi connectivity index (χ1n) is 10.5. The number of rotatable bonds is 8. The zero-order valence-corrected chi connectivity index (χ0v) is 18.2. The summed E-state index contributed by atoms with van der Waals surface area (Å²) in [6.07, 6.45) is 9.91. The third-order valence-electron chi connectivity index (χ3n) is 4.60. The third-order valence-corrected chi connectivity index (χ3v) is 4.60. The Bertz CT molecular complexity index is 476. The van der Waals surface area contributed by atoms with E-state index in [1.807, 2.05) is 26.8 Å². The smallest absolute Gasteiger partial charge is 0.137 e. The SMILES string of the molecule is CC.CCCC1CC(C)C1.Cc1ncc(OCCC(C)C)cc1CC=O. The number of pyridine rings is 1. The fourth-order valence-corrected chi connectivity index (χ4v) is 3.06. The fraction of sp³-hybridized carbons (Fsp3) is 0.739. The molecule has 1 heterocycles. The summed E-state index contributed by atoms with van der Waals surface area (Å²) in [5.41, 5.74) is 1.83. The second-order valence-corrected chi connectivity index (χ2v) is 7.55. The number of ether oxygens (including phenoxy) is 1. The van der Waals surface area contributed by atoms with E-state index in [4.69, 9.17) is 4.74 Å². The van der Waals surface area contributed by atoms with E-state index in [1.165, 1.54) is 25.7 Å². The molecule has 0 atom stereocenters. The van der Waals surface area contributed by atoms with Crippen molar-refractivity contribution < 1.29 is 9.53 Å². The molecule has 2 rings (SSSR count). The third kappa shape index (κ3) is 10.6. The number of hydrogen-bond donors (Lipinski definition) is 0. The normalized spacial score (nSPS) is 18.0. The molecule has 3 heteroatoms. The summed E-state index contributed by atoms with van der Waals surface area (Å²) in [6, 6.07) is 1.90. The van der Waals surface area contributed by atoms with Crippen LogP contribution in [0, 0.1) is 24.7 Å². The molecule has 0 N–H and O–H groups in total. The molecule has 0 spiro atoms. The average Bonchev–Trinajstić information content (AvgIpc) is 2.59. The zero-order chi connectivity index (χ0) is 19.9. The molecule has 0 bridgehead atoms. The highest BCUT2D eigenvalue weighted by Gasteiger charge is 2.23. The Morgan fingerprint density at radius 3 is 2.46 bits per heavy atom. The molecule has 150 valence electrons. The van der Waals surface area contributed by atoms with Crippen LogP contribution in [0.25, 0.3) is 0 Å². The van der Waals surface area contributed by atoms with Gasteiger partial charge < -0.3 is 9.53 Å². The van der Waals surface area contributed by atoms with E-state index in [2.05, 4.69) is 32.7 Å². The maximum Gasteiger partial charge on any atom is 0.137 e. The Kier molecular flexibility index (Phi) is 14.0. The maximum absolute atomic E-state index is 10.5. The number of nitrogens with zero attached hydrogens (tertiary/aromatic N) is 1. The first-order valence-corrected chi connectivity index (χ1v) is 10.5. The van der Waals surface area contributed by atoms with Crippen LogP contribution in [0.2, 0.25) is 0 Å². The lowest BCUT2D eigenvalue weighted by molar-refractivity contribution is -0.107. The van der Waals surface area contributed by atoms with Gasteiger partial charge in [-0.15, -0.1) is 0 Å². The van der Waals surface area contributed by atoms with Gasteiger partial charge in [-0.05, 0) is 55.6 Å². The number of carbonyl (C=O) groups is 1. The fourth-order valence-electron chi connectivity index (χ4n) is 3.06. The quantitative estimate of drug-likeness (QED) is 0.501. The molecule has 1 fully saturated rings. The van der Waals surface area contributed by atoms with Crippen molar-refractivity contribution in [2.45, 2.75) is 87.0 Å². The van der Waals surface area contributed by atoms with Crippen LogP contribution < -0.4 is 4.74 Å². The summed E-state index contributed by atoms with van der Waals surface area (Å²) in [7, 11) is 0. The highest BCUT2D eigenvalue weighted by atomic mass is 16.5. The van der Waals surface area contributed by atoms with Crippen LogP contribution in [0.5, 0.6) is 5.75 Å². The van der Waals surface area contributed by atoms with Crippen LogP contribution in [0.15, 0.2) is 12.3 Å². The molecule has 0 saturated heterocycles. The van der Waals surface area contributed by atoms with Gasteiger partial charge in [-0.25, -0.2) is 0 Å². The Labute approximate surface area is 162 Å². The molecule has 1 aromatic heterocycles. The Morgan fingerprint density at radius 2 is 1.96 bits per heavy atom. The number of carbonyl (C=O) groups excluding carboxylic acids is 1. The summed E-state index contributed by atoms with van der Waals surface area (Å²) in [4.78, 5) is 14.7. The van der Waals surface area contributed by atoms with Gasteiger partial charge in [-0.1, -0.05) is 54.4 Å². The van der Waals surface area contributed by atoms with Crippen molar-refractivity contribution in [1.29, 1.82) is 0 Å². The van der Waals surface area contributed by atoms with E-state index in [0.29, 0.717) is 18.9 Å². The topological polar surface area (TPSA) is 39.2 Å². The minimum atomic E-state index is 0.403.